The molecular formula is C35H42ClFN4O7. The summed E-state index contributed by atoms with van der Waals surface area (Å²) >= 11 is 6.51. The molecule has 1 aliphatic heterocycles. The van der Waals surface area contributed by atoms with Crippen LogP contribution < -0.4 is 5.32 Å². The molecule has 0 bridgehead atoms. The molecule has 2 atom stereocenters. The molecule has 1 aliphatic carbocycles. The zero-order valence-corrected chi connectivity index (χ0v) is 28.4. The Bertz CT molecular complexity index is 1670. The summed E-state index contributed by atoms with van der Waals surface area (Å²) in [5.74, 6) is -1.99. The first-order chi connectivity index (χ1) is 22.9. The Kier molecular flexibility index (Phi) is 11.4. The van der Waals surface area contributed by atoms with E-state index in [1.165, 1.54) is 18.1 Å². The number of rotatable bonds is 11. The molecule has 1 N–H and O–H groups in total. The predicted octanol–water partition coefficient (Wildman–Crippen LogP) is 4.59. The zero-order valence-electron chi connectivity index (χ0n) is 27.7. The van der Waals surface area contributed by atoms with Crippen molar-refractivity contribution in [2.75, 3.05) is 46.3 Å². The van der Waals surface area contributed by atoms with Gasteiger partial charge in [0.05, 0.1) is 60.6 Å². The lowest BCUT2D eigenvalue weighted by molar-refractivity contribution is -0.148. The first-order valence-electron chi connectivity index (χ1n) is 16.1. The average molecular weight is 685 g/mol. The van der Waals surface area contributed by atoms with E-state index < -0.39 is 17.8 Å². The molecule has 1 saturated heterocycles. The molecule has 1 aromatic heterocycles. The Hall–Kier alpha value is -4.00. The molecule has 1 saturated carbocycles. The fourth-order valence-corrected chi connectivity index (χ4v) is 6.68. The smallest absolute Gasteiger partial charge is 0.308 e. The minimum absolute atomic E-state index is 0.0639. The number of para-hydroxylation sites is 1. The number of benzene rings is 2. The number of nitrogens with zero attached hydrogens (tertiary/aromatic N) is 3. The van der Waals surface area contributed by atoms with Gasteiger partial charge in [-0.1, -0.05) is 29.8 Å². The molecule has 2 fully saturated rings. The number of carbonyl (C=O) groups is 4. The SMILES string of the molecule is COC(=O)[C@H]1CC[C@H](OC[C@@H]2C[C@H](OCC(=O)N(C)C)CN2C(=O)Cc2cc(Cl)c(NC(=O)c3cn(C)c4ccccc34)cc2F)CC1. The van der Waals surface area contributed by atoms with E-state index in [9.17, 15) is 19.2 Å². The lowest BCUT2D eigenvalue weighted by Crippen LogP contribution is -2.41. The van der Waals surface area contributed by atoms with Crippen molar-refractivity contribution in [2.24, 2.45) is 13.0 Å². The van der Waals surface area contributed by atoms with Crippen molar-refractivity contribution >= 4 is 51.9 Å². The first-order valence-corrected chi connectivity index (χ1v) is 16.5. The molecule has 48 heavy (non-hydrogen) atoms. The maximum atomic E-state index is 15.4. The summed E-state index contributed by atoms with van der Waals surface area (Å²) in [5.41, 5.74) is 1.48. The molecule has 11 nitrogen and oxygen atoms in total. The van der Waals surface area contributed by atoms with Crippen molar-refractivity contribution < 1.29 is 37.8 Å². The van der Waals surface area contributed by atoms with Crippen molar-refractivity contribution in [3.05, 3.63) is 64.6 Å². The van der Waals surface area contributed by atoms with Crippen LogP contribution >= 0.6 is 11.6 Å². The number of methoxy groups -OCH3 is 1. The van der Waals surface area contributed by atoms with E-state index in [0.717, 1.165) is 17.0 Å². The number of likely N-dealkylation sites (N-methyl/N-ethyl adjacent to an activating group) is 1. The highest BCUT2D eigenvalue weighted by Crippen LogP contribution is 2.31. The number of nitrogens with one attached hydrogen (secondary N) is 1. The zero-order chi connectivity index (χ0) is 34.5. The number of esters is 1. The summed E-state index contributed by atoms with van der Waals surface area (Å²) in [6.45, 7) is 0.335. The molecule has 0 unspecified atom stereocenters. The number of hydrogen-bond donors (Lipinski definition) is 1. The van der Waals surface area contributed by atoms with Gasteiger partial charge in [0, 0.05) is 44.8 Å². The van der Waals surface area contributed by atoms with Crippen LogP contribution in [0.15, 0.2) is 42.6 Å². The van der Waals surface area contributed by atoms with Gasteiger partial charge < -0.3 is 33.9 Å². The van der Waals surface area contributed by atoms with Crippen LogP contribution in [0.4, 0.5) is 10.1 Å². The van der Waals surface area contributed by atoms with Crippen LogP contribution in [-0.4, -0.2) is 97.3 Å². The first kappa shape index (κ1) is 35.3. The van der Waals surface area contributed by atoms with E-state index in [1.807, 2.05) is 35.9 Å². The van der Waals surface area contributed by atoms with Crippen LogP contribution in [0.25, 0.3) is 10.9 Å². The number of ether oxygens (including phenoxy) is 3. The Morgan fingerprint density at radius 3 is 2.48 bits per heavy atom. The van der Waals surface area contributed by atoms with Crippen molar-refractivity contribution in [1.82, 2.24) is 14.4 Å². The molecule has 2 heterocycles. The van der Waals surface area contributed by atoms with E-state index in [4.69, 9.17) is 25.8 Å². The number of anilines is 1. The lowest BCUT2D eigenvalue weighted by Gasteiger charge is -2.30. The number of carbonyl (C=O) groups excluding carboxylic acids is 4. The van der Waals surface area contributed by atoms with Crippen molar-refractivity contribution in [3.63, 3.8) is 0 Å². The van der Waals surface area contributed by atoms with Crippen LogP contribution in [0.1, 0.15) is 48.0 Å². The highest BCUT2D eigenvalue weighted by Gasteiger charge is 2.37. The summed E-state index contributed by atoms with van der Waals surface area (Å²) in [7, 11) is 6.51. The van der Waals surface area contributed by atoms with Gasteiger partial charge >= 0.3 is 5.97 Å². The molecule has 2 aliphatic rings. The highest BCUT2D eigenvalue weighted by molar-refractivity contribution is 6.34. The van der Waals surface area contributed by atoms with Gasteiger partial charge in [-0.2, -0.15) is 0 Å². The second-order valence-corrected chi connectivity index (χ2v) is 13.1. The Morgan fingerprint density at radius 1 is 1.04 bits per heavy atom. The third kappa shape index (κ3) is 8.16. The van der Waals surface area contributed by atoms with Gasteiger partial charge in [-0.25, -0.2) is 4.39 Å². The van der Waals surface area contributed by atoms with Crippen LogP contribution in [0.2, 0.25) is 5.02 Å². The standard InChI is InChI=1S/C35H42ClFN4O7/c1-39(2)33(43)20-48-25-15-23(19-47-24-11-9-21(10-12-24)35(45)46-4)41(17-25)32(42)14-22-13-28(36)30(16-29(22)37)38-34(44)27-18-40(3)31-8-6-5-7-26(27)31/h5-8,13,16,18,21,23-25H,9-12,14-15,17,19-20H2,1-4H3,(H,38,44)/t21-,23-,24-,25-/m0/s1. The van der Waals surface area contributed by atoms with Crippen LogP contribution in [-0.2, 0) is 42.1 Å². The normalized spacial score (nSPS) is 20.9. The molecule has 0 radical (unpaired) electrons. The molecular weight excluding hydrogens is 643 g/mol. The van der Waals surface area contributed by atoms with Gasteiger partial charge in [-0.3, -0.25) is 19.2 Å². The summed E-state index contributed by atoms with van der Waals surface area (Å²) in [4.78, 5) is 53.9. The number of aromatic nitrogens is 1. The third-order valence-corrected chi connectivity index (χ3v) is 9.55. The van der Waals surface area contributed by atoms with E-state index in [2.05, 4.69) is 5.32 Å². The van der Waals surface area contributed by atoms with Crippen LogP contribution in [0.5, 0.6) is 0 Å². The Labute approximate surface area is 284 Å². The number of amides is 3. The molecule has 2 aromatic carbocycles. The van der Waals surface area contributed by atoms with Crippen molar-refractivity contribution in [3.8, 4) is 0 Å². The van der Waals surface area contributed by atoms with Crippen LogP contribution in [0.3, 0.4) is 0 Å². The molecule has 3 aromatic rings. The summed E-state index contributed by atoms with van der Waals surface area (Å²) < 4.78 is 34.2. The minimum atomic E-state index is -0.681. The quantitative estimate of drug-likeness (QED) is 0.294. The van der Waals surface area contributed by atoms with Gasteiger partial charge in [0.1, 0.15) is 12.4 Å². The summed E-state index contributed by atoms with van der Waals surface area (Å²) in [6, 6.07) is 9.59. The second-order valence-electron chi connectivity index (χ2n) is 12.7. The topological polar surface area (TPSA) is 119 Å². The van der Waals surface area contributed by atoms with Gasteiger partial charge in [0.2, 0.25) is 11.8 Å². The van der Waals surface area contributed by atoms with E-state index in [0.29, 0.717) is 37.7 Å². The number of aryl methyl sites for hydroxylation is 1. The van der Waals surface area contributed by atoms with Crippen molar-refractivity contribution in [1.29, 1.82) is 0 Å². The third-order valence-electron chi connectivity index (χ3n) is 9.24. The number of fused-ring (bicyclic) bond motifs is 1. The van der Waals surface area contributed by atoms with E-state index >= 15 is 4.39 Å². The molecule has 258 valence electrons. The predicted molar refractivity (Wildman–Crippen MR) is 178 cm³/mol. The van der Waals surface area contributed by atoms with Crippen LogP contribution in [0, 0.1) is 11.7 Å². The average Bonchev–Trinajstić information content (AvgIpc) is 3.65. The summed E-state index contributed by atoms with van der Waals surface area (Å²) in [6.07, 6.45) is 4.15. The van der Waals surface area contributed by atoms with E-state index in [1.54, 1.807) is 25.2 Å². The van der Waals surface area contributed by atoms with Gasteiger partial charge in [0.15, 0.2) is 0 Å². The fourth-order valence-electron chi connectivity index (χ4n) is 6.45. The monoisotopic (exact) mass is 684 g/mol. The lowest BCUT2D eigenvalue weighted by atomic mass is 9.87. The molecule has 13 heteroatoms. The minimum Gasteiger partial charge on any atom is -0.469 e. The Balaban J connectivity index is 1.25. The second kappa shape index (κ2) is 15.5. The highest BCUT2D eigenvalue weighted by atomic mass is 35.5. The molecule has 0 spiro atoms. The maximum absolute atomic E-state index is 15.4. The summed E-state index contributed by atoms with van der Waals surface area (Å²) in [5, 5.41) is 3.55. The maximum Gasteiger partial charge on any atom is 0.308 e. The van der Waals surface area contributed by atoms with Gasteiger partial charge in [-0.15, -0.1) is 0 Å². The number of halogens is 2. The molecule has 3 amide bonds. The number of likely N-dealkylation sites (tertiary alicyclic amines) is 1. The van der Waals surface area contributed by atoms with Gasteiger partial charge in [-0.05, 0) is 55.9 Å². The Morgan fingerprint density at radius 2 is 1.77 bits per heavy atom. The largest absolute Gasteiger partial charge is 0.469 e. The van der Waals surface area contributed by atoms with E-state index in [-0.39, 0.29) is 78.3 Å². The fraction of sp³-hybridized carbons (Fsp3) is 0.486. The number of hydrogen-bond acceptors (Lipinski definition) is 7. The molecule has 5 rings (SSSR count). The van der Waals surface area contributed by atoms with Gasteiger partial charge in [0.25, 0.3) is 5.91 Å². The van der Waals surface area contributed by atoms with Crippen molar-refractivity contribution in [2.45, 2.75) is 56.8 Å².